The summed E-state index contributed by atoms with van der Waals surface area (Å²) >= 11 is 5.95. The minimum absolute atomic E-state index is 0.494. The maximum absolute atomic E-state index is 5.95. The van der Waals surface area contributed by atoms with E-state index in [0.29, 0.717) is 11.1 Å². The molecule has 1 aliphatic heterocycles. The van der Waals surface area contributed by atoms with Gasteiger partial charge in [-0.25, -0.2) is 0 Å². The van der Waals surface area contributed by atoms with Gasteiger partial charge in [-0.1, -0.05) is 18.5 Å². The molecule has 5 heteroatoms. The molecule has 0 radical (unpaired) electrons. The molecule has 1 aliphatic rings. The number of aromatic nitrogens is 2. The molecule has 0 saturated carbocycles. The Bertz CT molecular complexity index is 430. The van der Waals surface area contributed by atoms with Crippen molar-refractivity contribution in [2.45, 2.75) is 33.6 Å². The molecule has 1 saturated heterocycles. The number of nitrogens with zero attached hydrogens (tertiary/aromatic N) is 3. The first-order valence-electron chi connectivity index (χ1n) is 7.03. The van der Waals surface area contributed by atoms with Gasteiger partial charge in [0.15, 0.2) is 11.0 Å². The highest BCUT2D eigenvalue weighted by molar-refractivity contribution is 6.30. The Hall–Kier alpha value is -0.870. The van der Waals surface area contributed by atoms with Gasteiger partial charge in [-0.15, -0.1) is 10.2 Å². The molecule has 0 amide bonds. The van der Waals surface area contributed by atoms with Crippen molar-refractivity contribution in [3.63, 3.8) is 0 Å². The summed E-state index contributed by atoms with van der Waals surface area (Å²) < 4.78 is 0. The second-order valence-corrected chi connectivity index (χ2v) is 5.94. The number of hydrogen-bond donors (Lipinski definition) is 1. The minimum atomic E-state index is 0.494. The lowest BCUT2D eigenvalue weighted by molar-refractivity contribution is 0.294. The van der Waals surface area contributed by atoms with Crippen LogP contribution in [0.3, 0.4) is 0 Å². The standard InChI is InChI=1S/C14H23ClN4/c1-10(9-19-6-4-5-7-19)8-16-14-12(3)11(2)13(15)17-18-14/h10H,4-9H2,1-3H3,(H,16,18). The molecule has 1 atom stereocenters. The molecule has 1 unspecified atom stereocenters. The van der Waals surface area contributed by atoms with E-state index in [0.717, 1.165) is 30.0 Å². The molecule has 0 bridgehead atoms. The van der Waals surface area contributed by atoms with E-state index in [2.05, 4.69) is 27.3 Å². The van der Waals surface area contributed by atoms with Crippen LogP contribution in [0.1, 0.15) is 30.9 Å². The van der Waals surface area contributed by atoms with Crippen molar-refractivity contribution in [2.24, 2.45) is 5.92 Å². The highest BCUT2D eigenvalue weighted by Gasteiger charge is 2.15. The number of anilines is 1. The lowest BCUT2D eigenvalue weighted by Gasteiger charge is -2.21. The van der Waals surface area contributed by atoms with E-state index in [4.69, 9.17) is 11.6 Å². The third-order valence-electron chi connectivity index (χ3n) is 3.85. The largest absolute Gasteiger partial charge is 0.368 e. The zero-order valence-electron chi connectivity index (χ0n) is 12.0. The number of nitrogens with one attached hydrogen (secondary N) is 1. The molecule has 0 aliphatic carbocycles. The first kappa shape index (κ1) is 14.5. The Balaban J connectivity index is 1.86. The number of halogens is 1. The Morgan fingerprint density at radius 3 is 2.58 bits per heavy atom. The third kappa shape index (κ3) is 3.80. The van der Waals surface area contributed by atoms with Gasteiger partial charge in [0.05, 0.1) is 0 Å². The third-order valence-corrected chi connectivity index (χ3v) is 4.21. The predicted octanol–water partition coefficient (Wildman–Crippen LogP) is 2.89. The number of rotatable bonds is 5. The summed E-state index contributed by atoms with van der Waals surface area (Å²) in [6.07, 6.45) is 2.70. The fraction of sp³-hybridized carbons (Fsp3) is 0.714. The number of likely N-dealkylation sites (tertiary alicyclic amines) is 1. The fourth-order valence-corrected chi connectivity index (χ4v) is 2.67. The molecule has 1 aromatic rings. The van der Waals surface area contributed by atoms with Gasteiger partial charge in [0.2, 0.25) is 0 Å². The molecule has 0 spiro atoms. The van der Waals surface area contributed by atoms with Crippen molar-refractivity contribution in [1.82, 2.24) is 15.1 Å². The second kappa shape index (κ2) is 6.53. The van der Waals surface area contributed by atoms with Gasteiger partial charge < -0.3 is 10.2 Å². The lowest BCUT2D eigenvalue weighted by atomic mass is 10.1. The summed E-state index contributed by atoms with van der Waals surface area (Å²) in [5, 5.41) is 12.0. The van der Waals surface area contributed by atoms with Crippen LogP contribution in [0.5, 0.6) is 0 Å². The van der Waals surface area contributed by atoms with Crippen molar-refractivity contribution in [3.8, 4) is 0 Å². The monoisotopic (exact) mass is 282 g/mol. The highest BCUT2D eigenvalue weighted by Crippen LogP contribution is 2.20. The summed E-state index contributed by atoms with van der Waals surface area (Å²) in [6.45, 7) is 10.9. The predicted molar refractivity (Wildman–Crippen MR) is 79.8 cm³/mol. The summed E-state index contributed by atoms with van der Waals surface area (Å²) in [5.41, 5.74) is 2.10. The van der Waals surface area contributed by atoms with E-state index in [1.165, 1.54) is 25.9 Å². The maximum Gasteiger partial charge on any atom is 0.155 e. The van der Waals surface area contributed by atoms with Crippen LogP contribution in [0, 0.1) is 19.8 Å². The summed E-state index contributed by atoms with van der Waals surface area (Å²) in [6, 6.07) is 0. The van der Waals surface area contributed by atoms with E-state index in [1.807, 2.05) is 13.8 Å². The first-order valence-corrected chi connectivity index (χ1v) is 7.41. The van der Waals surface area contributed by atoms with Crippen LogP contribution >= 0.6 is 11.6 Å². The average molecular weight is 283 g/mol. The maximum atomic E-state index is 5.95. The van der Waals surface area contributed by atoms with Gasteiger partial charge >= 0.3 is 0 Å². The molecular formula is C14H23ClN4. The van der Waals surface area contributed by atoms with Crippen LogP contribution in [0.4, 0.5) is 5.82 Å². The van der Waals surface area contributed by atoms with Gasteiger partial charge in [-0.2, -0.15) is 0 Å². The van der Waals surface area contributed by atoms with Crippen molar-refractivity contribution < 1.29 is 0 Å². The van der Waals surface area contributed by atoms with Crippen LogP contribution in [-0.4, -0.2) is 41.3 Å². The van der Waals surface area contributed by atoms with Crippen LogP contribution in [0.2, 0.25) is 5.15 Å². The van der Waals surface area contributed by atoms with Crippen LogP contribution in [-0.2, 0) is 0 Å². The molecular weight excluding hydrogens is 260 g/mol. The Morgan fingerprint density at radius 1 is 1.21 bits per heavy atom. The summed E-state index contributed by atoms with van der Waals surface area (Å²) in [7, 11) is 0. The van der Waals surface area contributed by atoms with Crippen LogP contribution in [0.25, 0.3) is 0 Å². The van der Waals surface area contributed by atoms with Gasteiger partial charge in [0.25, 0.3) is 0 Å². The van der Waals surface area contributed by atoms with Crippen LogP contribution < -0.4 is 5.32 Å². The lowest BCUT2D eigenvalue weighted by Crippen LogP contribution is -2.29. The van der Waals surface area contributed by atoms with E-state index in [1.54, 1.807) is 0 Å². The second-order valence-electron chi connectivity index (χ2n) is 5.58. The minimum Gasteiger partial charge on any atom is -0.368 e. The fourth-order valence-electron chi connectivity index (χ4n) is 2.49. The van der Waals surface area contributed by atoms with Crippen molar-refractivity contribution in [3.05, 3.63) is 16.3 Å². The van der Waals surface area contributed by atoms with Gasteiger partial charge in [0.1, 0.15) is 0 Å². The average Bonchev–Trinajstić information content (AvgIpc) is 2.88. The number of hydrogen-bond acceptors (Lipinski definition) is 4. The normalized spacial score (nSPS) is 17.7. The van der Waals surface area contributed by atoms with Crippen LogP contribution in [0.15, 0.2) is 0 Å². The Morgan fingerprint density at radius 2 is 1.89 bits per heavy atom. The topological polar surface area (TPSA) is 41.1 Å². The Labute approximate surface area is 120 Å². The quantitative estimate of drug-likeness (QED) is 0.902. The van der Waals surface area contributed by atoms with E-state index < -0.39 is 0 Å². The van der Waals surface area contributed by atoms with Gasteiger partial charge in [-0.05, 0) is 56.8 Å². The molecule has 106 valence electrons. The zero-order chi connectivity index (χ0) is 13.8. The Kier molecular flexibility index (Phi) is 4.99. The van der Waals surface area contributed by atoms with Gasteiger partial charge in [0, 0.05) is 13.1 Å². The van der Waals surface area contributed by atoms with Crippen molar-refractivity contribution in [2.75, 3.05) is 31.5 Å². The molecule has 2 rings (SSSR count). The molecule has 4 nitrogen and oxygen atoms in total. The van der Waals surface area contributed by atoms with E-state index in [-0.39, 0.29) is 0 Å². The smallest absolute Gasteiger partial charge is 0.155 e. The molecule has 1 fully saturated rings. The molecule has 1 aromatic heterocycles. The first-order chi connectivity index (χ1) is 9.08. The zero-order valence-corrected chi connectivity index (χ0v) is 12.8. The molecule has 1 N–H and O–H groups in total. The van der Waals surface area contributed by atoms with Gasteiger partial charge in [-0.3, -0.25) is 0 Å². The molecule has 19 heavy (non-hydrogen) atoms. The SMILES string of the molecule is Cc1c(Cl)nnc(NCC(C)CN2CCCC2)c1C. The van der Waals surface area contributed by atoms with Crippen molar-refractivity contribution in [1.29, 1.82) is 0 Å². The molecule has 0 aromatic carbocycles. The van der Waals surface area contributed by atoms with E-state index in [9.17, 15) is 0 Å². The van der Waals surface area contributed by atoms with E-state index >= 15 is 0 Å². The highest BCUT2D eigenvalue weighted by atomic mass is 35.5. The summed E-state index contributed by atoms with van der Waals surface area (Å²) in [4.78, 5) is 2.54. The van der Waals surface area contributed by atoms with Crippen molar-refractivity contribution >= 4 is 17.4 Å². The molecule has 2 heterocycles. The summed E-state index contributed by atoms with van der Waals surface area (Å²) in [5.74, 6) is 1.46.